The number of carbonyl (C=O) groups is 2. The minimum Gasteiger partial charge on any atom is -0.507 e. The number of methoxy groups -OCH3 is 1. The lowest BCUT2D eigenvalue weighted by molar-refractivity contribution is -0.115. The van der Waals surface area contributed by atoms with Crippen LogP contribution in [0.2, 0.25) is 0 Å². The van der Waals surface area contributed by atoms with Crippen LogP contribution < -0.4 is 9.91 Å². The Labute approximate surface area is 253 Å². The number of hydrogen-bond donors (Lipinski definition) is 2. The SMILES string of the molecule is COC1=NN(c2c(C)cc(C)cc2C)C(=O)/C1=C1/C(=O)C(c2ccc(N(CC3CCCC3)CC3CCCC3)cc2O)=C1O. The van der Waals surface area contributed by atoms with Gasteiger partial charge in [-0.3, -0.25) is 9.59 Å². The number of Topliss-reactive ketones (excluding diaryl/α,β-unsaturated/α-hetero) is 1. The molecule has 2 aromatic carbocycles. The summed E-state index contributed by atoms with van der Waals surface area (Å²) >= 11 is 0. The molecule has 2 N–H and O–H groups in total. The second-order valence-electron chi connectivity index (χ2n) is 12.7. The van der Waals surface area contributed by atoms with E-state index in [0.29, 0.717) is 17.5 Å². The summed E-state index contributed by atoms with van der Waals surface area (Å²) in [6.07, 6.45) is 10.1. The zero-order chi connectivity index (χ0) is 30.4. The van der Waals surface area contributed by atoms with Crippen molar-refractivity contribution in [2.45, 2.75) is 72.1 Å². The van der Waals surface area contributed by atoms with Gasteiger partial charge < -0.3 is 19.8 Å². The number of phenolic OH excluding ortho intramolecular Hbond substituents is 1. The molecule has 0 radical (unpaired) electrons. The van der Waals surface area contributed by atoms with Gasteiger partial charge in [0.1, 0.15) is 17.1 Å². The van der Waals surface area contributed by atoms with Crippen molar-refractivity contribution in [3.05, 3.63) is 69.5 Å². The third kappa shape index (κ3) is 5.21. The van der Waals surface area contributed by atoms with Crippen LogP contribution in [0, 0.1) is 32.6 Å². The Hall–Kier alpha value is -4.07. The lowest BCUT2D eigenvalue weighted by atomic mass is 9.80. The fourth-order valence-corrected chi connectivity index (χ4v) is 7.51. The molecule has 0 bridgehead atoms. The van der Waals surface area contributed by atoms with E-state index in [-0.39, 0.29) is 39.7 Å². The first-order valence-electron chi connectivity index (χ1n) is 15.5. The Bertz CT molecular complexity index is 1530. The lowest BCUT2D eigenvalue weighted by Gasteiger charge is -2.31. The van der Waals surface area contributed by atoms with Gasteiger partial charge in [0.15, 0.2) is 0 Å². The first-order valence-corrected chi connectivity index (χ1v) is 15.5. The maximum absolute atomic E-state index is 13.6. The molecule has 0 unspecified atom stereocenters. The van der Waals surface area contributed by atoms with E-state index < -0.39 is 11.7 Å². The normalized spacial score (nSPS) is 21.2. The van der Waals surface area contributed by atoms with Crippen molar-refractivity contribution in [1.29, 1.82) is 0 Å². The number of phenols is 1. The fraction of sp³-hybridized carbons (Fsp3) is 0.457. The summed E-state index contributed by atoms with van der Waals surface area (Å²) < 4.78 is 5.41. The molecule has 6 rings (SSSR count). The summed E-state index contributed by atoms with van der Waals surface area (Å²) in [5.74, 6) is -0.196. The third-order valence-electron chi connectivity index (χ3n) is 9.55. The molecule has 2 fully saturated rings. The summed E-state index contributed by atoms with van der Waals surface area (Å²) in [5.41, 5.74) is 4.35. The highest BCUT2D eigenvalue weighted by molar-refractivity contribution is 6.45. The topological polar surface area (TPSA) is 103 Å². The zero-order valence-corrected chi connectivity index (χ0v) is 25.6. The average Bonchev–Trinajstić information content (AvgIpc) is 3.73. The van der Waals surface area contributed by atoms with Crippen molar-refractivity contribution in [3.63, 3.8) is 0 Å². The number of amides is 1. The van der Waals surface area contributed by atoms with Crippen LogP contribution >= 0.6 is 0 Å². The zero-order valence-electron chi connectivity index (χ0n) is 25.6. The van der Waals surface area contributed by atoms with Crippen molar-refractivity contribution >= 4 is 34.5 Å². The minimum atomic E-state index is -0.546. The van der Waals surface area contributed by atoms with Crippen molar-refractivity contribution in [3.8, 4) is 5.75 Å². The van der Waals surface area contributed by atoms with E-state index >= 15 is 0 Å². The molecule has 1 heterocycles. The minimum absolute atomic E-state index is 0.00548. The van der Waals surface area contributed by atoms with Crippen LogP contribution in [0.4, 0.5) is 11.4 Å². The number of rotatable bonds is 7. The molecule has 2 saturated carbocycles. The highest BCUT2D eigenvalue weighted by Gasteiger charge is 2.46. The monoisotopic (exact) mass is 583 g/mol. The van der Waals surface area contributed by atoms with Gasteiger partial charge in [0.05, 0.1) is 23.9 Å². The average molecular weight is 584 g/mol. The van der Waals surface area contributed by atoms with Crippen LogP contribution in [0.1, 0.15) is 73.6 Å². The second-order valence-corrected chi connectivity index (χ2v) is 12.7. The fourth-order valence-electron chi connectivity index (χ4n) is 7.51. The molecule has 2 aromatic rings. The summed E-state index contributed by atoms with van der Waals surface area (Å²) in [6.45, 7) is 7.71. The Morgan fingerprint density at radius 2 is 1.44 bits per heavy atom. The number of allylic oxidation sites excluding steroid dienone is 2. The van der Waals surface area contributed by atoms with Crippen LogP contribution in [0.25, 0.3) is 5.57 Å². The van der Waals surface area contributed by atoms with Crippen molar-refractivity contribution in [2.24, 2.45) is 16.9 Å². The molecule has 226 valence electrons. The van der Waals surface area contributed by atoms with Crippen molar-refractivity contribution in [2.75, 3.05) is 30.1 Å². The van der Waals surface area contributed by atoms with Crippen LogP contribution in [0.5, 0.6) is 5.75 Å². The Morgan fingerprint density at radius 1 is 0.860 bits per heavy atom. The van der Waals surface area contributed by atoms with Gasteiger partial charge in [-0.25, -0.2) is 0 Å². The number of aromatic hydroxyl groups is 1. The van der Waals surface area contributed by atoms with Gasteiger partial charge >= 0.3 is 0 Å². The number of ketones is 1. The lowest BCUT2D eigenvalue weighted by Crippen LogP contribution is -2.33. The van der Waals surface area contributed by atoms with E-state index in [4.69, 9.17) is 4.74 Å². The predicted octanol–water partition coefficient (Wildman–Crippen LogP) is 6.66. The summed E-state index contributed by atoms with van der Waals surface area (Å²) in [5, 5.41) is 27.9. The first kappa shape index (κ1) is 29.0. The van der Waals surface area contributed by atoms with E-state index in [9.17, 15) is 19.8 Å². The summed E-state index contributed by atoms with van der Waals surface area (Å²) in [6, 6.07) is 9.28. The molecule has 0 saturated heterocycles. The van der Waals surface area contributed by atoms with Gasteiger partial charge in [-0.05, 0) is 81.5 Å². The number of aliphatic hydroxyl groups is 1. The number of ether oxygens (including phenoxy) is 1. The van der Waals surface area contributed by atoms with Gasteiger partial charge in [-0.1, -0.05) is 43.4 Å². The number of benzene rings is 2. The molecule has 0 spiro atoms. The van der Waals surface area contributed by atoms with Crippen LogP contribution in [-0.2, 0) is 14.3 Å². The summed E-state index contributed by atoms with van der Waals surface area (Å²) in [7, 11) is 1.38. The number of hydrogen-bond acceptors (Lipinski definition) is 7. The molecule has 3 aliphatic carbocycles. The van der Waals surface area contributed by atoms with Crippen molar-refractivity contribution in [1.82, 2.24) is 0 Å². The highest BCUT2D eigenvalue weighted by atomic mass is 16.5. The molecule has 1 aliphatic heterocycles. The Kier molecular flexibility index (Phi) is 7.79. The molecule has 0 aromatic heterocycles. The predicted molar refractivity (Wildman–Crippen MR) is 168 cm³/mol. The molecular formula is C35H41N3O5. The molecule has 1 amide bonds. The summed E-state index contributed by atoms with van der Waals surface area (Å²) in [4.78, 5) is 29.6. The standard InChI is InChI=1S/C35H41N3O5/c1-20-15-21(2)31(22(3)16-20)38-35(42)30(34(36-38)43-4)29-32(40)28(33(29)41)26-14-13-25(17-27(26)39)37(18-23-9-5-6-10-23)19-24-11-7-8-12-24/h13-17,23-24,39-40H,5-12,18-19H2,1-4H3/b30-29+. The Balaban J connectivity index is 1.31. The number of carbonyl (C=O) groups excluding carboxylic acids is 2. The van der Waals surface area contributed by atoms with E-state index in [0.717, 1.165) is 35.5 Å². The molecule has 8 heteroatoms. The van der Waals surface area contributed by atoms with E-state index in [1.54, 1.807) is 12.1 Å². The highest BCUT2D eigenvalue weighted by Crippen LogP contribution is 2.44. The van der Waals surface area contributed by atoms with Gasteiger partial charge in [0, 0.05) is 30.4 Å². The second kappa shape index (κ2) is 11.5. The molecule has 4 aliphatic rings. The number of nitrogens with zero attached hydrogens (tertiary/aromatic N) is 3. The van der Waals surface area contributed by atoms with Gasteiger partial charge in [-0.15, -0.1) is 5.10 Å². The smallest absolute Gasteiger partial charge is 0.285 e. The molecule has 43 heavy (non-hydrogen) atoms. The van der Waals surface area contributed by atoms with Gasteiger partial charge in [-0.2, -0.15) is 5.01 Å². The number of anilines is 2. The molecule has 8 nitrogen and oxygen atoms in total. The van der Waals surface area contributed by atoms with E-state index in [2.05, 4.69) is 10.0 Å². The van der Waals surface area contributed by atoms with Gasteiger partial charge in [0.25, 0.3) is 5.91 Å². The first-order chi connectivity index (χ1) is 20.7. The largest absolute Gasteiger partial charge is 0.507 e. The van der Waals surface area contributed by atoms with Crippen LogP contribution in [0.3, 0.4) is 0 Å². The van der Waals surface area contributed by atoms with E-state index in [1.807, 2.05) is 39.0 Å². The maximum atomic E-state index is 13.6. The maximum Gasteiger partial charge on any atom is 0.285 e. The van der Waals surface area contributed by atoms with Crippen LogP contribution in [0.15, 0.2) is 52.3 Å². The number of aliphatic hydroxyl groups excluding tert-OH is 1. The third-order valence-corrected chi connectivity index (χ3v) is 9.55. The quantitative estimate of drug-likeness (QED) is 0.354. The van der Waals surface area contributed by atoms with Crippen LogP contribution in [-0.4, -0.2) is 48.0 Å². The molecule has 0 atom stereocenters. The Morgan fingerprint density at radius 3 is 1.95 bits per heavy atom. The van der Waals surface area contributed by atoms with Crippen molar-refractivity contribution < 1.29 is 24.5 Å². The van der Waals surface area contributed by atoms with Gasteiger partial charge in [0.2, 0.25) is 11.7 Å². The van der Waals surface area contributed by atoms with E-state index in [1.165, 1.54) is 63.5 Å². The number of aryl methyl sites for hydroxylation is 3. The number of hydrazone groups is 1. The molecular weight excluding hydrogens is 542 g/mol.